The second-order valence-corrected chi connectivity index (χ2v) is 8.44. The Bertz CT molecular complexity index is 630. The Balaban J connectivity index is 1.73. The molecule has 3 rings (SSSR count). The molecular formula is C20H29NO4. The average Bonchev–Trinajstić information content (AvgIpc) is 2.78. The van der Waals surface area contributed by atoms with Crippen LogP contribution in [0.15, 0.2) is 36.1 Å². The molecular weight excluding hydrogens is 318 g/mol. The molecule has 3 aliphatic rings. The Kier molecular flexibility index (Phi) is 4.48. The zero-order valence-electron chi connectivity index (χ0n) is 15.6. The first-order valence-electron chi connectivity index (χ1n) is 9.08. The second-order valence-electron chi connectivity index (χ2n) is 8.44. The Morgan fingerprint density at radius 1 is 1.36 bits per heavy atom. The van der Waals surface area contributed by atoms with Crippen molar-refractivity contribution in [2.75, 3.05) is 13.1 Å². The van der Waals surface area contributed by atoms with E-state index in [1.165, 1.54) is 0 Å². The zero-order valence-corrected chi connectivity index (χ0v) is 15.6. The molecule has 1 saturated heterocycles. The van der Waals surface area contributed by atoms with Crippen LogP contribution >= 0.6 is 0 Å². The molecule has 0 aromatic rings. The first-order valence-corrected chi connectivity index (χ1v) is 9.08. The summed E-state index contributed by atoms with van der Waals surface area (Å²) in [6.45, 7) is 8.72. The summed E-state index contributed by atoms with van der Waals surface area (Å²) in [5, 5.41) is 11.5. The summed E-state index contributed by atoms with van der Waals surface area (Å²) >= 11 is 0. The summed E-state index contributed by atoms with van der Waals surface area (Å²) in [5.41, 5.74) is -0.873. The lowest BCUT2D eigenvalue weighted by Gasteiger charge is -2.44. The fourth-order valence-electron chi connectivity index (χ4n) is 4.06. The maximum absolute atomic E-state index is 12.4. The normalized spacial score (nSPS) is 34.8. The molecule has 0 saturated carbocycles. The molecule has 1 aliphatic carbocycles. The van der Waals surface area contributed by atoms with Gasteiger partial charge >= 0.3 is 6.09 Å². The fraction of sp³-hybridized carbons (Fsp3) is 0.650. The number of likely N-dealkylation sites (tertiary alicyclic amines) is 1. The predicted octanol–water partition coefficient (Wildman–Crippen LogP) is 3.55. The minimum absolute atomic E-state index is 0.145. The van der Waals surface area contributed by atoms with Gasteiger partial charge in [-0.1, -0.05) is 18.2 Å². The van der Waals surface area contributed by atoms with Crippen LogP contribution in [0.1, 0.15) is 47.0 Å². The van der Waals surface area contributed by atoms with Crippen LogP contribution in [-0.4, -0.2) is 46.0 Å². The molecule has 0 aromatic carbocycles. The highest BCUT2D eigenvalue weighted by atomic mass is 16.6. The first-order chi connectivity index (χ1) is 11.6. The molecule has 3 unspecified atom stereocenters. The molecule has 25 heavy (non-hydrogen) atoms. The Morgan fingerprint density at radius 2 is 2.12 bits per heavy atom. The monoisotopic (exact) mass is 347 g/mol. The van der Waals surface area contributed by atoms with E-state index in [0.29, 0.717) is 25.9 Å². The van der Waals surface area contributed by atoms with E-state index in [9.17, 15) is 9.90 Å². The molecule has 2 aliphatic heterocycles. The fourth-order valence-corrected chi connectivity index (χ4v) is 4.06. The van der Waals surface area contributed by atoms with Gasteiger partial charge in [0, 0.05) is 19.0 Å². The van der Waals surface area contributed by atoms with E-state index in [2.05, 4.69) is 0 Å². The predicted molar refractivity (Wildman–Crippen MR) is 96.0 cm³/mol. The maximum Gasteiger partial charge on any atom is 0.410 e. The van der Waals surface area contributed by atoms with Gasteiger partial charge in [-0.2, -0.15) is 0 Å². The highest BCUT2D eigenvalue weighted by molar-refractivity contribution is 5.68. The number of rotatable bonds is 1. The van der Waals surface area contributed by atoms with Crippen LogP contribution in [0.4, 0.5) is 4.79 Å². The van der Waals surface area contributed by atoms with Crippen molar-refractivity contribution in [1.29, 1.82) is 0 Å². The lowest BCUT2D eigenvalue weighted by Crippen LogP contribution is -2.51. The van der Waals surface area contributed by atoms with Crippen LogP contribution < -0.4 is 0 Å². The number of allylic oxidation sites excluding steroid dienone is 2. The summed E-state index contributed by atoms with van der Waals surface area (Å²) < 4.78 is 11.4. The van der Waals surface area contributed by atoms with Gasteiger partial charge in [-0.25, -0.2) is 4.79 Å². The van der Waals surface area contributed by atoms with E-state index in [4.69, 9.17) is 9.47 Å². The van der Waals surface area contributed by atoms with Crippen LogP contribution in [0.5, 0.6) is 0 Å². The third-order valence-electron chi connectivity index (χ3n) is 5.39. The summed E-state index contributed by atoms with van der Waals surface area (Å²) in [7, 11) is 0. The maximum atomic E-state index is 12.4. The van der Waals surface area contributed by atoms with Gasteiger partial charge in [-0.05, 0) is 58.6 Å². The Morgan fingerprint density at radius 3 is 2.84 bits per heavy atom. The SMILES string of the molecule is CC(C)(C)OC(=O)N1CCCC(O)(C2C=CC=C3C=COC32C)CC1. The van der Waals surface area contributed by atoms with E-state index in [-0.39, 0.29) is 12.0 Å². The van der Waals surface area contributed by atoms with Crippen molar-refractivity contribution in [3.05, 3.63) is 36.1 Å². The van der Waals surface area contributed by atoms with E-state index < -0.39 is 16.8 Å². The second kappa shape index (κ2) is 6.20. The molecule has 3 atom stereocenters. The Hall–Kier alpha value is -1.75. The van der Waals surface area contributed by atoms with Crippen LogP contribution in [0, 0.1) is 5.92 Å². The quantitative estimate of drug-likeness (QED) is 0.788. The average molecular weight is 347 g/mol. The number of amides is 1. The number of hydrogen-bond donors (Lipinski definition) is 1. The van der Waals surface area contributed by atoms with Gasteiger partial charge in [0.15, 0.2) is 0 Å². The summed E-state index contributed by atoms with van der Waals surface area (Å²) in [6, 6.07) is 0. The van der Waals surface area contributed by atoms with Gasteiger partial charge in [-0.3, -0.25) is 0 Å². The van der Waals surface area contributed by atoms with E-state index >= 15 is 0 Å². The number of nitrogens with zero attached hydrogens (tertiary/aromatic N) is 1. The van der Waals surface area contributed by atoms with Crippen LogP contribution in [-0.2, 0) is 9.47 Å². The van der Waals surface area contributed by atoms with Crippen molar-refractivity contribution in [2.24, 2.45) is 5.92 Å². The molecule has 0 radical (unpaired) electrons. The van der Waals surface area contributed by atoms with Gasteiger partial charge in [-0.15, -0.1) is 0 Å². The van der Waals surface area contributed by atoms with Crippen molar-refractivity contribution >= 4 is 6.09 Å². The standard InChI is InChI=1S/C20H29NO4/c1-18(2,3)25-17(22)21-12-6-10-20(23,11-13-21)16-8-5-7-15-9-14-24-19(15,16)4/h5,7-9,14,16,23H,6,10-13H2,1-4H3. The van der Waals surface area contributed by atoms with Crippen LogP contribution in [0.2, 0.25) is 0 Å². The number of hydrogen-bond acceptors (Lipinski definition) is 4. The van der Waals surface area contributed by atoms with Crippen molar-refractivity contribution in [2.45, 2.75) is 63.8 Å². The van der Waals surface area contributed by atoms with Crippen molar-refractivity contribution in [1.82, 2.24) is 4.90 Å². The lowest BCUT2D eigenvalue weighted by molar-refractivity contribution is -0.0867. The molecule has 2 heterocycles. The largest absolute Gasteiger partial charge is 0.490 e. The lowest BCUT2D eigenvalue weighted by atomic mass is 9.68. The third kappa shape index (κ3) is 3.47. The van der Waals surface area contributed by atoms with Crippen molar-refractivity contribution in [3.63, 3.8) is 0 Å². The smallest absolute Gasteiger partial charge is 0.410 e. The number of carbonyl (C=O) groups is 1. The molecule has 1 amide bonds. The zero-order chi connectivity index (χ0) is 18.3. The molecule has 0 aromatic heterocycles. The number of carbonyl (C=O) groups excluding carboxylic acids is 1. The van der Waals surface area contributed by atoms with Gasteiger partial charge < -0.3 is 19.5 Å². The van der Waals surface area contributed by atoms with Gasteiger partial charge in [0.25, 0.3) is 0 Å². The number of ether oxygens (including phenoxy) is 2. The van der Waals surface area contributed by atoms with E-state index in [1.54, 1.807) is 11.2 Å². The summed E-state index contributed by atoms with van der Waals surface area (Å²) in [4.78, 5) is 14.1. The minimum Gasteiger partial charge on any atom is -0.490 e. The third-order valence-corrected chi connectivity index (χ3v) is 5.39. The van der Waals surface area contributed by atoms with Gasteiger partial charge in [0.05, 0.1) is 11.9 Å². The Labute approximate surface area is 150 Å². The molecule has 0 bridgehead atoms. The minimum atomic E-state index is -0.909. The van der Waals surface area contributed by atoms with Crippen LogP contribution in [0.3, 0.4) is 0 Å². The highest BCUT2D eigenvalue weighted by Crippen LogP contribution is 2.47. The van der Waals surface area contributed by atoms with E-state index in [0.717, 1.165) is 12.0 Å². The number of fused-ring (bicyclic) bond motifs is 1. The van der Waals surface area contributed by atoms with Crippen LogP contribution in [0.25, 0.3) is 0 Å². The molecule has 1 fully saturated rings. The first kappa shape index (κ1) is 18.1. The number of aliphatic hydroxyl groups is 1. The summed E-state index contributed by atoms with van der Waals surface area (Å²) in [5.74, 6) is -0.145. The highest BCUT2D eigenvalue weighted by Gasteiger charge is 2.52. The molecule has 0 spiro atoms. The van der Waals surface area contributed by atoms with E-state index in [1.807, 2.05) is 52.0 Å². The molecule has 5 nitrogen and oxygen atoms in total. The topological polar surface area (TPSA) is 59.0 Å². The van der Waals surface area contributed by atoms with Gasteiger partial charge in [0.2, 0.25) is 0 Å². The molecule has 138 valence electrons. The molecule has 1 N–H and O–H groups in total. The molecule has 5 heteroatoms. The van der Waals surface area contributed by atoms with Crippen molar-refractivity contribution in [3.8, 4) is 0 Å². The van der Waals surface area contributed by atoms with Gasteiger partial charge in [0.1, 0.15) is 11.2 Å². The summed E-state index contributed by atoms with van der Waals surface area (Å²) in [6.07, 6.45) is 11.3. The van der Waals surface area contributed by atoms with Crippen molar-refractivity contribution < 1.29 is 19.4 Å².